The summed E-state index contributed by atoms with van der Waals surface area (Å²) in [7, 11) is 0. The molecule has 0 bridgehead atoms. The highest BCUT2D eigenvalue weighted by Crippen LogP contribution is 2.23. The van der Waals surface area contributed by atoms with Crippen molar-refractivity contribution in [3.8, 4) is 0 Å². The highest BCUT2D eigenvalue weighted by molar-refractivity contribution is 7.18. The summed E-state index contributed by atoms with van der Waals surface area (Å²) in [5.74, 6) is 0.200. The topological polar surface area (TPSA) is 66.1 Å². The van der Waals surface area contributed by atoms with E-state index < -0.39 is 0 Å². The Balaban J connectivity index is 1.26. The van der Waals surface area contributed by atoms with Crippen molar-refractivity contribution in [1.29, 1.82) is 0 Å². The van der Waals surface area contributed by atoms with Gasteiger partial charge in [-0.1, -0.05) is 12.1 Å². The molecule has 3 aromatic rings. The number of aromatic amines is 1. The van der Waals surface area contributed by atoms with Crippen LogP contribution in [0.4, 0.5) is 0 Å². The maximum Gasteiger partial charge on any atom is 0.248 e. The van der Waals surface area contributed by atoms with Crippen LogP contribution < -0.4 is 5.56 Å². The Bertz CT molecular complexity index is 959. The van der Waals surface area contributed by atoms with Crippen molar-refractivity contribution in [3.63, 3.8) is 0 Å². The van der Waals surface area contributed by atoms with Gasteiger partial charge in [-0.15, -0.1) is 11.3 Å². The van der Waals surface area contributed by atoms with Crippen molar-refractivity contribution >= 4 is 27.5 Å². The van der Waals surface area contributed by atoms with E-state index in [0.29, 0.717) is 19.5 Å². The first kappa shape index (κ1) is 17.0. The van der Waals surface area contributed by atoms with Crippen LogP contribution in [-0.4, -0.2) is 27.3 Å². The highest BCUT2D eigenvalue weighted by atomic mass is 32.1. The molecule has 2 aromatic heterocycles. The molecule has 4 rings (SSSR count). The van der Waals surface area contributed by atoms with Gasteiger partial charge in [-0.2, -0.15) is 0 Å². The number of nitrogens with zero attached hydrogens (tertiary/aromatic N) is 2. The third-order valence-corrected chi connectivity index (χ3v) is 5.94. The Hall–Kier alpha value is -2.47. The SMILES string of the molecule is O=C(CCCCc1nc2ccccc2s1)N1CCc2cc(=O)[nH]cc2C1. The molecule has 3 heterocycles. The van der Waals surface area contributed by atoms with E-state index in [2.05, 4.69) is 16.0 Å². The van der Waals surface area contributed by atoms with Gasteiger partial charge < -0.3 is 9.88 Å². The molecule has 134 valence electrons. The van der Waals surface area contributed by atoms with Crippen molar-refractivity contribution < 1.29 is 4.79 Å². The summed E-state index contributed by atoms with van der Waals surface area (Å²) < 4.78 is 1.23. The Kier molecular flexibility index (Phi) is 4.84. The van der Waals surface area contributed by atoms with Gasteiger partial charge in [-0.05, 0) is 48.9 Å². The van der Waals surface area contributed by atoms with E-state index in [4.69, 9.17) is 0 Å². The smallest absolute Gasteiger partial charge is 0.248 e. The molecule has 6 heteroatoms. The largest absolute Gasteiger partial charge is 0.338 e. The van der Waals surface area contributed by atoms with Crippen LogP contribution in [0.3, 0.4) is 0 Å². The lowest BCUT2D eigenvalue weighted by Crippen LogP contribution is -2.36. The summed E-state index contributed by atoms with van der Waals surface area (Å²) >= 11 is 1.74. The van der Waals surface area contributed by atoms with Crippen LogP contribution in [0.5, 0.6) is 0 Å². The summed E-state index contributed by atoms with van der Waals surface area (Å²) in [6.07, 6.45) is 5.86. The third-order valence-electron chi connectivity index (χ3n) is 4.84. The fraction of sp³-hybridized carbons (Fsp3) is 0.350. The predicted octanol–water partition coefficient (Wildman–Crippen LogP) is 3.28. The fourth-order valence-corrected chi connectivity index (χ4v) is 4.42. The van der Waals surface area contributed by atoms with Gasteiger partial charge in [-0.25, -0.2) is 4.98 Å². The first-order valence-corrected chi connectivity index (χ1v) is 9.83. The number of nitrogens with one attached hydrogen (secondary N) is 1. The summed E-state index contributed by atoms with van der Waals surface area (Å²) in [6, 6.07) is 9.84. The number of amides is 1. The second-order valence-corrected chi connectivity index (χ2v) is 7.81. The van der Waals surface area contributed by atoms with E-state index in [1.165, 1.54) is 4.70 Å². The summed E-state index contributed by atoms with van der Waals surface area (Å²) in [6.45, 7) is 1.30. The summed E-state index contributed by atoms with van der Waals surface area (Å²) in [5, 5.41) is 1.15. The van der Waals surface area contributed by atoms with Crippen LogP contribution in [0.15, 0.2) is 41.3 Å². The van der Waals surface area contributed by atoms with Gasteiger partial charge in [0.2, 0.25) is 11.5 Å². The van der Waals surface area contributed by atoms with E-state index in [1.54, 1.807) is 23.6 Å². The minimum absolute atomic E-state index is 0.0709. The fourth-order valence-electron chi connectivity index (χ4n) is 3.41. The lowest BCUT2D eigenvalue weighted by atomic mass is 10.0. The Morgan fingerprint density at radius 2 is 2.12 bits per heavy atom. The molecular weight excluding hydrogens is 346 g/mol. The first-order chi connectivity index (χ1) is 12.7. The van der Waals surface area contributed by atoms with Gasteiger partial charge >= 0.3 is 0 Å². The number of hydrogen-bond donors (Lipinski definition) is 1. The Labute approximate surface area is 155 Å². The van der Waals surface area contributed by atoms with E-state index >= 15 is 0 Å². The maximum atomic E-state index is 12.5. The van der Waals surface area contributed by atoms with E-state index in [9.17, 15) is 9.59 Å². The Morgan fingerprint density at radius 3 is 3.00 bits per heavy atom. The third kappa shape index (κ3) is 3.70. The molecule has 0 radical (unpaired) electrons. The molecule has 1 amide bonds. The molecule has 1 aromatic carbocycles. The van der Waals surface area contributed by atoms with Crippen LogP contribution in [0.25, 0.3) is 10.2 Å². The second-order valence-electron chi connectivity index (χ2n) is 6.70. The van der Waals surface area contributed by atoms with Crippen molar-refractivity contribution in [1.82, 2.24) is 14.9 Å². The number of hydrogen-bond acceptors (Lipinski definition) is 4. The van der Waals surface area contributed by atoms with Gasteiger partial charge in [0.15, 0.2) is 0 Å². The van der Waals surface area contributed by atoms with Crippen LogP contribution in [-0.2, 0) is 24.2 Å². The number of unbranched alkanes of at least 4 members (excludes halogenated alkanes) is 1. The lowest BCUT2D eigenvalue weighted by Gasteiger charge is -2.28. The van der Waals surface area contributed by atoms with Crippen molar-refractivity contribution in [2.75, 3.05) is 6.54 Å². The maximum absolute atomic E-state index is 12.5. The summed E-state index contributed by atoms with van der Waals surface area (Å²) in [4.78, 5) is 33.1. The zero-order valence-corrected chi connectivity index (χ0v) is 15.3. The normalized spacial score (nSPS) is 13.8. The van der Waals surface area contributed by atoms with E-state index in [1.807, 2.05) is 23.1 Å². The first-order valence-electron chi connectivity index (χ1n) is 9.02. The van der Waals surface area contributed by atoms with Crippen molar-refractivity contribution in [2.45, 2.75) is 38.6 Å². The van der Waals surface area contributed by atoms with Crippen LogP contribution in [0.2, 0.25) is 0 Å². The average molecular weight is 367 g/mol. The average Bonchev–Trinajstić information content (AvgIpc) is 3.07. The molecule has 0 saturated carbocycles. The monoisotopic (exact) mass is 367 g/mol. The number of thiazole rings is 1. The molecule has 0 atom stereocenters. The van der Waals surface area contributed by atoms with Crippen LogP contribution >= 0.6 is 11.3 Å². The van der Waals surface area contributed by atoms with Gasteiger partial charge in [0.25, 0.3) is 0 Å². The zero-order valence-electron chi connectivity index (χ0n) is 14.5. The Morgan fingerprint density at radius 1 is 1.23 bits per heavy atom. The van der Waals surface area contributed by atoms with Crippen LogP contribution in [0.1, 0.15) is 35.4 Å². The van der Waals surface area contributed by atoms with Gasteiger partial charge in [0.1, 0.15) is 0 Å². The number of fused-ring (bicyclic) bond motifs is 2. The molecular formula is C20H21N3O2S. The molecule has 26 heavy (non-hydrogen) atoms. The molecule has 0 spiro atoms. The number of aromatic nitrogens is 2. The number of para-hydroxylation sites is 1. The van der Waals surface area contributed by atoms with Crippen molar-refractivity contribution in [2.24, 2.45) is 0 Å². The molecule has 0 aliphatic carbocycles. The lowest BCUT2D eigenvalue weighted by molar-refractivity contribution is -0.132. The quantitative estimate of drug-likeness (QED) is 0.704. The molecule has 1 aliphatic heterocycles. The standard InChI is InChI=1S/C20H21N3O2S/c24-18-11-14-9-10-23(13-15(14)12-21-18)20(25)8-4-3-7-19-22-16-5-1-2-6-17(16)26-19/h1-2,5-6,11-12H,3-4,7-10,13H2,(H,21,24). The molecule has 5 nitrogen and oxygen atoms in total. The van der Waals surface area contributed by atoms with E-state index in [-0.39, 0.29) is 11.5 Å². The van der Waals surface area contributed by atoms with E-state index in [0.717, 1.165) is 47.3 Å². The van der Waals surface area contributed by atoms with Crippen molar-refractivity contribution in [3.05, 3.63) is 63.0 Å². The van der Waals surface area contributed by atoms with Crippen LogP contribution in [0, 0.1) is 0 Å². The number of pyridine rings is 1. The minimum atomic E-state index is -0.0709. The molecule has 0 saturated heterocycles. The highest BCUT2D eigenvalue weighted by Gasteiger charge is 2.20. The number of benzene rings is 1. The number of carbonyl (C=O) groups is 1. The predicted molar refractivity (Wildman–Crippen MR) is 103 cm³/mol. The molecule has 0 unspecified atom stereocenters. The van der Waals surface area contributed by atoms with Gasteiger partial charge in [0.05, 0.1) is 15.2 Å². The second kappa shape index (κ2) is 7.41. The summed E-state index contributed by atoms with van der Waals surface area (Å²) in [5.41, 5.74) is 3.11. The number of rotatable bonds is 5. The van der Waals surface area contributed by atoms with Gasteiger partial charge in [0, 0.05) is 31.8 Å². The minimum Gasteiger partial charge on any atom is -0.338 e. The molecule has 0 fully saturated rings. The number of carbonyl (C=O) groups excluding carboxylic acids is 1. The molecule has 1 N–H and O–H groups in total. The van der Waals surface area contributed by atoms with Gasteiger partial charge in [-0.3, -0.25) is 9.59 Å². The number of H-pyrrole nitrogens is 1. The molecule has 1 aliphatic rings. The zero-order chi connectivity index (χ0) is 17.9. The number of aryl methyl sites for hydroxylation is 1.